The van der Waals surface area contributed by atoms with Crippen molar-refractivity contribution in [2.24, 2.45) is 5.84 Å². The van der Waals surface area contributed by atoms with Gasteiger partial charge in [0.15, 0.2) is 0 Å². The minimum atomic E-state index is -0.500. The fourth-order valence-corrected chi connectivity index (χ4v) is 2.13. The summed E-state index contributed by atoms with van der Waals surface area (Å²) in [5.74, 6) is 6.15. The summed E-state index contributed by atoms with van der Waals surface area (Å²) in [6.45, 7) is 4.54. The molecule has 1 aromatic heterocycles. The molecule has 0 saturated carbocycles. The molecular formula is C12H20N4O. The lowest BCUT2D eigenvalue weighted by atomic mass is 9.93. The lowest BCUT2D eigenvalue weighted by molar-refractivity contribution is -0.00726. The zero-order valence-corrected chi connectivity index (χ0v) is 10.2. The Bertz CT molecular complexity index is 371. The first kappa shape index (κ1) is 12.3. The van der Waals surface area contributed by atoms with Gasteiger partial charge in [0.1, 0.15) is 5.82 Å². The van der Waals surface area contributed by atoms with Crippen molar-refractivity contribution >= 4 is 5.82 Å². The van der Waals surface area contributed by atoms with Gasteiger partial charge in [-0.3, -0.25) is 4.90 Å². The average Bonchev–Trinajstić information content (AvgIpc) is 2.32. The third-order valence-electron chi connectivity index (χ3n) is 3.36. The van der Waals surface area contributed by atoms with Crippen molar-refractivity contribution in [3.63, 3.8) is 0 Å². The lowest BCUT2D eigenvalue weighted by Gasteiger charge is -2.35. The van der Waals surface area contributed by atoms with Crippen molar-refractivity contribution in [3.05, 3.63) is 23.9 Å². The Kier molecular flexibility index (Phi) is 3.61. The molecule has 0 amide bonds. The normalized spacial score (nSPS) is 20.2. The highest BCUT2D eigenvalue weighted by Crippen LogP contribution is 2.23. The molecular weight excluding hydrogens is 216 g/mol. The molecule has 0 aliphatic carbocycles. The van der Waals surface area contributed by atoms with Crippen molar-refractivity contribution < 1.29 is 5.11 Å². The van der Waals surface area contributed by atoms with Crippen LogP contribution in [0.4, 0.5) is 5.82 Å². The van der Waals surface area contributed by atoms with Crippen molar-refractivity contribution in [1.82, 2.24) is 9.88 Å². The molecule has 5 nitrogen and oxygen atoms in total. The van der Waals surface area contributed by atoms with E-state index in [2.05, 4.69) is 15.3 Å². The molecule has 1 aliphatic heterocycles. The molecule has 2 heterocycles. The maximum absolute atomic E-state index is 9.89. The highest BCUT2D eigenvalue weighted by Gasteiger charge is 2.27. The van der Waals surface area contributed by atoms with Crippen LogP contribution in [-0.2, 0) is 6.54 Å². The molecule has 94 valence electrons. The average molecular weight is 236 g/mol. The molecule has 0 unspecified atom stereocenters. The molecule has 1 saturated heterocycles. The second-order valence-corrected chi connectivity index (χ2v) is 4.93. The minimum Gasteiger partial charge on any atom is -0.390 e. The molecule has 1 fully saturated rings. The largest absolute Gasteiger partial charge is 0.390 e. The molecule has 0 spiro atoms. The smallest absolute Gasteiger partial charge is 0.144 e. The van der Waals surface area contributed by atoms with E-state index in [4.69, 9.17) is 5.84 Å². The third-order valence-corrected chi connectivity index (χ3v) is 3.36. The van der Waals surface area contributed by atoms with Gasteiger partial charge < -0.3 is 10.5 Å². The summed E-state index contributed by atoms with van der Waals surface area (Å²) in [7, 11) is 0. The Morgan fingerprint density at radius 2 is 2.24 bits per heavy atom. The Morgan fingerprint density at radius 3 is 2.88 bits per heavy atom. The van der Waals surface area contributed by atoms with E-state index in [1.165, 1.54) is 0 Å². The van der Waals surface area contributed by atoms with E-state index in [0.717, 1.165) is 43.9 Å². The van der Waals surface area contributed by atoms with Crippen LogP contribution in [0.1, 0.15) is 25.3 Å². The molecule has 17 heavy (non-hydrogen) atoms. The number of nitrogens with two attached hydrogens (primary N) is 1. The Labute approximate surface area is 102 Å². The predicted octanol–water partition coefficient (Wildman–Crippen LogP) is 0.714. The number of pyridine rings is 1. The van der Waals surface area contributed by atoms with E-state index in [-0.39, 0.29) is 0 Å². The van der Waals surface area contributed by atoms with E-state index >= 15 is 0 Å². The number of aromatic nitrogens is 1. The summed E-state index contributed by atoms with van der Waals surface area (Å²) in [4.78, 5) is 6.49. The fraction of sp³-hybridized carbons (Fsp3) is 0.583. The first-order valence-electron chi connectivity index (χ1n) is 5.96. The number of hydrazine groups is 1. The number of piperidine rings is 1. The van der Waals surface area contributed by atoms with Gasteiger partial charge in [-0.1, -0.05) is 6.07 Å². The molecule has 0 radical (unpaired) electrons. The fourth-order valence-electron chi connectivity index (χ4n) is 2.13. The molecule has 1 aromatic rings. The highest BCUT2D eigenvalue weighted by atomic mass is 16.3. The van der Waals surface area contributed by atoms with Crippen LogP contribution in [0.2, 0.25) is 0 Å². The second-order valence-electron chi connectivity index (χ2n) is 4.93. The first-order valence-corrected chi connectivity index (χ1v) is 5.96. The zero-order chi connectivity index (χ0) is 12.3. The Hall–Kier alpha value is -1.17. The molecule has 0 aromatic carbocycles. The molecule has 2 rings (SSSR count). The number of nitrogen functional groups attached to an aromatic ring is 1. The van der Waals surface area contributed by atoms with Crippen LogP contribution in [0, 0.1) is 0 Å². The van der Waals surface area contributed by atoms with Crippen molar-refractivity contribution in [1.29, 1.82) is 0 Å². The second kappa shape index (κ2) is 5.00. The van der Waals surface area contributed by atoms with Gasteiger partial charge in [0, 0.05) is 31.4 Å². The van der Waals surface area contributed by atoms with Gasteiger partial charge in [-0.25, -0.2) is 10.8 Å². The topological polar surface area (TPSA) is 74.4 Å². The SMILES string of the molecule is CC1(O)CCN(Cc2cccnc2NN)CC1. The summed E-state index contributed by atoms with van der Waals surface area (Å²) in [5, 5.41) is 9.89. The number of likely N-dealkylation sites (tertiary alicyclic amines) is 1. The van der Waals surface area contributed by atoms with Gasteiger partial charge in [0.05, 0.1) is 5.60 Å². The Balaban J connectivity index is 1.98. The van der Waals surface area contributed by atoms with Crippen molar-refractivity contribution in [2.75, 3.05) is 18.5 Å². The van der Waals surface area contributed by atoms with Crippen molar-refractivity contribution in [3.8, 4) is 0 Å². The van der Waals surface area contributed by atoms with E-state index in [0.29, 0.717) is 0 Å². The summed E-state index contributed by atoms with van der Waals surface area (Å²) < 4.78 is 0. The number of hydrogen-bond acceptors (Lipinski definition) is 5. The number of aliphatic hydroxyl groups is 1. The quantitative estimate of drug-likeness (QED) is 0.532. The van der Waals surface area contributed by atoms with Crippen LogP contribution >= 0.6 is 0 Å². The number of rotatable bonds is 3. The van der Waals surface area contributed by atoms with E-state index in [1.807, 2.05) is 19.1 Å². The van der Waals surface area contributed by atoms with Gasteiger partial charge in [-0.05, 0) is 25.8 Å². The van der Waals surface area contributed by atoms with E-state index < -0.39 is 5.60 Å². The Morgan fingerprint density at radius 1 is 1.53 bits per heavy atom. The number of hydrogen-bond donors (Lipinski definition) is 3. The van der Waals surface area contributed by atoms with Crippen LogP contribution in [0.15, 0.2) is 18.3 Å². The van der Waals surface area contributed by atoms with E-state index in [9.17, 15) is 5.11 Å². The molecule has 4 N–H and O–H groups in total. The number of anilines is 1. The summed E-state index contributed by atoms with van der Waals surface area (Å²) in [6, 6.07) is 3.94. The third kappa shape index (κ3) is 3.15. The van der Waals surface area contributed by atoms with Gasteiger partial charge in [-0.2, -0.15) is 0 Å². The number of nitrogens with zero attached hydrogens (tertiary/aromatic N) is 2. The molecule has 5 heteroatoms. The minimum absolute atomic E-state index is 0.500. The first-order chi connectivity index (χ1) is 8.11. The molecule has 0 bridgehead atoms. The maximum Gasteiger partial charge on any atom is 0.144 e. The number of nitrogens with one attached hydrogen (secondary N) is 1. The maximum atomic E-state index is 9.89. The summed E-state index contributed by atoms with van der Waals surface area (Å²) >= 11 is 0. The van der Waals surface area contributed by atoms with Crippen molar-refractivity contribution in [2.45, 2.75) is 31.9 Å². The molecule has 0 atom stereocenters. The van der Waals surface area contributed by atoms with Gasteiger partial charge in [0.2, 0.25) is 0 Å². The highest BCUT2D eigenvalue weighted by molar-refractivity contribution is 5.42. The monoisotopic (exact) mass is 236 g/mol. The standard InChI is InChI=1S/C12H20N4O/c1-12(17)4-7-16(8-5-12)9-10-3-2-6-14-11(10)15-13/h2-3,6,17H,4-5,7-9,13H2,1H3,(H,14,15). The zero-order valence-electron chi connectivity index (χ0n) is 10.2. The van der Waals surface area contributed by atoms with Crippen LogP contribution in [0.3, 0.4) is 0 Å². The van der Waals surface area contributed by atoms with Crippen LogP contribution in [-0.4, -0.2) is 33.7 Å². The van der Waals surface area contributed by atoms with Gasteiger partial charge in [0.25, 0.3) is 0 Å². The van der Waals surface area contributed by atoms with Crippen LogP contribution < -0.4 is 11.3 Å². The summed E-state index contributed by atoms with van der Waals surface area (Å²) in [6.07, 6.45) is 3.36. The van der Waals surface area contributed by atoms with Crippen LogP contribution in [0.25, 0.3) is 0 Å². The lowest BCUT2D eigenvalue weighted by Crippen LogP contribution is -2.42. The van der Waals surface area contributed by atoms with Crippen LogP contribution in [0.5, 0.6) is 0 Å². The predicted molar refractivity (Wildman–Crippen MR) is 67.2 cm³/mol. The summed E-state index contributed by atoms with van der Waals surface area (Å²) in [5.41, 5.74) is 3.21. The molecule has 1 aliphatic rings. The van der Waals surface area contributed by atoms with E-state index in [1.54, 1.807) is 6.20 Å². The van der Waals surface area contributed by atoms with Gasteiger partial charge >= 0.3 is 0 Å². The van der Waals surface area contributed by atoms with Gasteiger partial charge in [-0.15, -0.1) is 0 Å².